The van der Waals surface area contributed by atoms with Crippen molar-refractivity contribution in [2.24, 2.45) is 0 Å². The number of benzene rings is 3. The van der Waals surface area contributed by atoms with Crippen LogP contribution in [0.15, 0.2) is 77.2 Å². The Labute approximate surface area is 151 Å². The summed E-state index contributed by atoms with van der Waals surface area (Å²) < 4.78 is 11.4. The molecule has 1 heterocycles. The SMILES string of the molecule is COc1ccc(Cc2c(-c3ccc(C=O)cc3)oc3ccccc23)cc1. The summed E-state index contributed by atoms with van der Waals surface area (Å²) in [5.41, 5.74) is 4.81. The third-order valence-corrected chi connectivity index (χ3v) is 4.55. The second-order valence-corrected chi connectivity index (χ2v) is 6.17. The van der Waals surface area contributed by atoms with Crippen molar-refractivity contribution in [2.75, 3.05) is 7.11 Å². The molecule has 0 aliphatic carbocycles. The molecule has 3 aromatic carbocycles. The van der Waals surface area contributed by atoms with Crippen LogP contribution < -0.4 is 4.74 Å². The number of carbonyl (C=O) groups excluding carboxylic acids is 1. The zero-order chi connectivity index (χ0) is 17.9. The highest BCUT2D eigenvalue weighted by Crippen LogP contribution is 2.35. The van der Waals surface area contributed by atoms with Gasteiger partial charge >= 0.3 is 0 Å². The van der Waals surface area contributed by atoms with Crippen molar-refractivity contribution in [1.29, 1.82) is 0 Å². The number of aldehydes is 1. The fraction of sp³-hybridized carbons (Fsp3) is 0.0870. The van der Waals surface area contributed by atoms with Crippen LogP contribution >= 0.6 is 0 Å². The van der Waals surface area contributed by atoms with Gasteiger partial charge in [0.1, 0.15) is 23.4 Å². The van der Waals surface area contributed by atoms with Crippen LogP contribution in [0.3, 0.4) is 0 Å². The predicted molar refractivity (Wildman–Crippen MR) is 103 cm³/mol. The second kappa shape index (κ2) is 6.89. The molecule has 1 aromatic heterocycles. The summed E-state index contributed by atoms with van der Waals surface area (Å²) in [5.74, 6) is 1.69. The van der Waals surface area contributed by atoms with E-state index in [1.54, 1.807) is 7.11 Å². The molecule has 0 aliphatic heterocycles. The van der Waals surface area contributed by atoms with Crippen LogP contribution in [0.4, 0.5) is 0 Å². The number of methoxy groups -OCH3 is 1. The van der Waals surface area contributed by atoms with E-state index < -0.39 is 0 Å². The van der Waals surface area contributed by atoms with Crippen LogP contribution in [-0.4, -0.2) is 13.4 Å². The first kappa shape index (κ1) is 16.2. The molecule has 0 bridgehead atoms. The van der Waals surface area contributed by atoms with Crippen LogP contribution in [0.25, 0.3) is 22.3 Å². The fourth-order valence-corrected chi connectivity index (χ4v) is 3.17. The number of fused-ring (bicyclic) bond motifs is 1. The van der Waals surface area contributed by atoms with Crippen LogP contribution in [0.2, 0.25) is 0 Å². The number of furan rings is 1. The average Bonchev–Trinajstić information content (AvgIpc) is 3.07. The molecule has 0 amide bonds. The van der Waals surface area contributed by atoms with E-state index in [9.17, 15) is 4.79 Å². The van der Waals surface area contributed by atoms with E-state index in [1.165, 1.54) is 5.56 Å². The van der Waals surface area contributed by atoms with Gasteiger partial charge in [0.05, 0.1) is 7.11 Å². The minimum atomic E-state index is 0.654. The van der Waals surface area contributed by atoms with Crippen molar-refractivity contribution < 1.29 is 13.9 Å². The second-order valence-electron chi connectivity index (χ2n) is 6.17. The largest absolute Gasteiger partial charge is 0.497 e. The van der Waals surface area contributed by atoms with E-state index in [-0.39, 0.29) is 0 Å². The Kier molecular flexibility index (Phi) is 4.28. The van der Waals surface area contributed by atoms with Crippen molar-refractivity contribution in [3.8, 4) is 17.1 Å². The Balaban J connectivity index is 1.81. The van der Waals surface area contributed by atoms with Gasteiger partial charge in [0, 0.05) is 28.5 Å². The quantitative estimate of drug-likeness (QED) is 0.449. The molecule has 0 fully saturated rings. The number of hydrogen-bond acceptors (Lipinski definition) is 3. The van der Waals surface area contributed by atoms with Gasteiger partial charge in [-0.25, -0.2) is 0 Å². The normalized spacial score (nSPS) is 10.8. The van der Waals surface area contributed by atoms with Gasteiger partial charge in [-0.2, -0.15) is 0 Å². The van der Waals surface area contributed by atoms with Gasteiger partial charge in [-0.15, -0.1) is 0 Å². The van der Waals surface area contributed by atoms with Crippen molar-refractivity contribution in [3.63, 3.8) is 0 Å². The Morgan fingerprint density at radius 2 is 1.65 bits per heavy atom. The molecule has 4 aromatic rings. The van der Waals surface area contributed by atoms with E-state index in [0.717, 1.165) is 46.3 Å². The van der Waals surface area contributed by atoms with E-state index >= 15 is 0 Å². The van der Waals surface area contributed by atoms with Crippen LogP contribution in [-0.2, 0) is 6.42 Å². The lowest BCUT2D eigenvalue weighted by molar-refractivity contribution is 0.112. The smallest absolute Gasteiger partial charge is 0.150 e. The Morgan fingerprint density at radius 1 is 0.923 bits per heavy atom. The summed E-state index contributed by atoms with van der Waals surface area (Å²) in [6.45, 7) is 0. The molecule has 0 saturated carbocycles. The lowest BCUT2D eigenvalue weighted by atomic mass is 9.98. The molecule has 0 atom stereocenters. The number of ether oxygens (including phenoxy) is 1. The molecule has 128 valence electrons. The molecule has 0 saturated heterocycles. The van der Waals surface area contributed by atoms with Crippen molar-refractivity contribution in [1.82, 2.24) is 0 Å². The standard InChI is InChI=1S/C23H18O3/c1-25-19-12-8-16(9-13-19)14-21-20-4-2-3-5-22(20)26-23(21)18-10-6-17(15-24)7-11-18/h2-13,15H,14H2,1H3. The molecule has 0 radical (unpaired) electrons. The maximum atomic E-state index is 10.9. The first-order valence-electron chi connectivity index (χ1n) is 8.47. The molecular formula is C23H18O3. The molecule has 4 rings (SSSR count). The zero-order valence-corrected chi connectivity index (χ0v) is 14.4. The average molecular weight is 342 g/mol. The molecule has 26 heavy (non-hydrogen) atoms. The maximum Gasteiger partial charge on any atom is 0.150 e. The van der Waals surface area contributed by atoms with E-state index in [0.29, 0.717) is 5.56 Å². The summed E-state index contributed by atoms with van der Waals surface area (Å²) in [4.78, 5) is 10.9. The predicted octanol–water partition coefficient (Wildman–Crippen LogP) is 5.51. The summed E-state index contributed by atoms with van der Waals surface area (Å²) in [6.07, 6.45) is 1.60. The van der Waals surface area contributed by atoms with Crippen molar-refractivity contribution in [3.05, 3.63) is 89.5 Å². The molecule has 0 aliphatic rings. The summed E-state index contributed by atoms with van der Waals surface area (Å²) >= 11 is 0. The molecule has 0 unspecified atom stereocenters. The first-order chi connectivity index (χ1) is 12.8. The van der Waals surface area contributed by atoms with E-state index in [4.69, 9.17) is 9.15 Å². The van der Waals surface area contributed by atoms with Gasteiger partial charge in [-0.05, 0) is 23.8 Å². The number of carbonyl (C=O) groups is 1. The van der Waals surface area contributed by atoms with Gasteiger partial charge in [0.25, 0.3) is 0 Å². The highest BCUT2D eigenvalue weighted by molar-refractivity contribution is 5.88. The van der Waals surface area contributed by atoms with Gasteiger partial charge in [-0.1, -0.05) is 54.6 Å². The van der Waals surface area contributed by atoms with Gasteiger partial charge in [0.2, 0.25) is 0 Å². The Bertz CT molecular complexity index is 1040. The molecule has 3 heteroatoms. The number of para-hydroxylation sites is 1. The topological polar surface area (TPSA) is 39.4 Å². The monoisotopic (exact) mass is 342 g/mol. The third kappa shape index (κ3) is 3.00. The Morgan fingerprint density at radius 3 is 2.35 bits per heavy atom. The fourth-order valence-electron chi connectivity index (χ4n) is 3.17. The Hall–Kier alpha value is -3.33. The lowest BCUT2D eigenvalue weighted by Gasteiger charge is -2.06. The maximum absolute atomic E-state index is 10.9. The number of rotatable bonds is 5. The van der Waals surface area contributed by atoms with Crippen LogP contribution in [0.1, 0.15) is 21.5 Å². The molecular weight excluding hydrogens is 324 g/mol. The molecule has 0 spiro atoms. The highest BCUT2D eigenvalue weighted by atomic mass is 16.5. The van der Waals surface area contributed by atoms with Gasteiger partial charge in [-0.3, -0.25) is 4.79 Å². The van der Waals surface area contributed by atoms with Gasteiger partial charge in [0.15, 0.2) is 0 Å². The molecule has 0 N–H and O–H groups in total. The summed E-state index contributed by atoms with van der Waals surface area (Å²) in [5, 5.41) is 1.11. The van der Waals surface area contributed by atoms with Crippen molar-refractivity contribution in [2.45, 2.75) is 6.42 Å². The highest BCUT2D eigenvalue weighted by Gasteiger charge is 2.16. The van der Waals surface area contributed by atoms with E-state index in [2.05, 4.69) is 18.2 Å². The molecule has 3 nitrogen and oxygen atoms in total. The minimum Gasteiger partial charge on any atom is -0.497 e. The zero-order valence-electron chi connectivity index (χ0n) is 14.4. The summed E-state index contributed by atoms with van der Waals surface area (Å²) in [6, 6.07) is 23.6. The van der Waals surface area contributed by atoms with Crippen LogP contribution in [0, 0.1) is 0 Å². The van der Waals surface area contributed by atoms with E-state index in [1.807, 2.05) is 54.6 Å². The lowest BCUT2D eigenvalue weighted by Crippen LogP contribution is -1.91. The number of hydrogen-bond donors (Lipinski definition) is 0. The van der Waals surface area contributed by atoms with Crippen molar-refractivity contribution >= 4 is 17.3 Å². The van der Waals surface area contributed by atoms with Crippen LogP contribution in [0.5, 0.6) is 5.75 Å². The minimum absolute atomic E-state index is 0.654. The summed E-state index contributed by atoms with van der Waals surface area (Å²) in [7, 11) is 1.67. The van der Waals surface area contributed by atoms with Gasteiger partial charge < -0.3 is 9.15 Å². The third-order valence-electron chi connectivity index (χ3n) is 4.55. The first-order valence-corrected chi connectivity index (χ1v) is 8.47.